The van der Waals surface area contributed by atoms with Crippen molar-refractivity contribution >= 4 is 27.4 Å². The molecule has 0 unspecified atom stereocenters. The maximum atomic E-state index is 13.5. The highest BCUT2D eigenvalue weighted by Gasteiger charge is 2.31. The number of halogens is 1. The number of nitrogens with two attached hydrogens (primary N) is 2. The first-order chi connectivity index (χ1) is 15.2. The summed E-state index contributed by atoms with van der Waals surface area (Å²) < 4.78 is 47.7. The minimum absolute atomic E-state index is 0.0105. The molecule has 0 spiro atoms. The van der Waals surface area contributed by atoms with Gasteiger partial charge in [0.25, 0.3) is 5.91 Å². The Bertz CT molecular complexity index is 1280. The molecule has 1 aliphatic rings. The number of sulfonamides is 1. The lowest BCUT2D eigenvalue weighted by Gasteiger charge is -2.12. The summed E-state index contributed by atoms with van der Waals surface area (Å²) in [6, 6.07) is 10.2. The first-order valence-electron chi connectivity index (χ1n) is 9.79. The first-order valence-corrected chi connectivity index (χ1v) is 11.4. The lowest BCUT2D eigenvalue weighted by Crippen LogP contribution is -2.16. The van der Waals surface area contributed by atoms with E-state index in [9.17, 15) is 17.6 Å². The summed E-state index contributed by atoms with van der Waals surface area (Å²) in [7, 11) is -2.49. The highest BCUT2D eigenvalue weighted by molar-refractivity contribution is 7.91. The topological polar surface area (TPSA) is 142 Å². The van der Waals surface area contributed by atoms with E-state index in [-0.39, 0.29) is 34.6 Å². The molecule has 0 atom stereocenters. The summed E-state index contributed by atoms with van der Waals surface area (Å²) >= 11 is 0. The molecule has 11 heteroatoms. The number of nitrogens with zero attached hydrogens (tertiary/aromatic N) is 2. The van der Waals surface area contributed by atoms with E-state index in [4.69, 9.17) is 16.2 Å². The second-order valence-corrected chi connectivity index (χ2v) is 9.27. The Balaban J connectivity index is 1.57. The van der Waals surface area contributed by atoms with Gasteiger partial charge in [0.05, 0.1) is 24.6 Å². The van der Waals surface area contributed by atoms with Gasteiger partial charge in [0, 0.05) is 11.6 Å². The van der Waals surface area contributed by atoms with E-state index in [0.717, 1.165) is 18.9 Å². The average Bonchev–Trinajstić information content (AvgIpc) is 3.50. The minimum Gasteiger partial charge on any atom is -0.495 e. The number of rotatable bonds is 8. The quantitative estimate of drug-likeness (QED) is 0.473. The first kappa shape index (κ1) is 21.6. The van der Waals surface area contributed by atoms with Crippen LogP contribution in [0.15, 0.2) is 42.5 Å². The Morgan fingerprint density at radius 1 is 1.25 bits per heavy atom. The summed E-state index contributed by atoms with van der Waals surface area (Å²) in [5.74, 6) is -1.19. The summed E-state index contributed by atoms with van der Waals surface area (Å²) in [5, 5.41) is 4.46. The van der Waals surface area contributed by atoms with Gasteiger partial charge in [-0.3, -0.25) is 9.52 Å². The second kappa shape index (κ2) is 8.15. The Labute approximate surface area is 184 Å². The third-order valence-electron chi connectivity index (χ3n) is 5.10. The van der Waals surface area contributed by atoms with Crippen molar-refractivity contribution in [1.82, 2.24) is 9.78 Å². The van der Waals surface area contributed by atoms with Crippen molar-refractivity contribution in [3.05, 3.63) is 59.4 Å². The number of benzene rings is 2. The van der Waals surface area contributed by atoms with Crippen LogP contribution in [0.4, 0.5) is 15.9 Å². The van der Waals surface area contributed by atoms with Crippen LogP contribution in [0.3, 0.4) is 0 Å². The molecule has 1 saturated carbocycles. The molecule has 0 saturated heterocycles. The van der Waals surface area contributed by atoms with E-state index in [1.165, 1.54) is 19.2 Å². The SMILES string of the molecule is COc1ccc(F)cc1NS(=O)(=O)Cc1ccc(-c2nn(C3CC3)c(N)c2C(N)=O)cc1. The van der Waals surface area contributed by atoms with Gasteiger partial charge >= 0.3 is 0 Å². The lowest BCUT2D eigenvalue weighted by molar-refractivity contribution is 0.100. The Kier molecular flexibility index (Phi) is 5.51. The van der Waals surface area contributed by atoms with Gasteiger partial charge in [-0.15, -0.1) is 0 Å². The zero-order chi connectivity index (χ0) is 23.0. The molecule has 168 valence electrons. The van der Waals surface area contributed by atoms with E-state index >= 15 is 0 Å². The maximum Gasteiger partial charge on any atom is 0.254 e. The third-order valence-corrected chi connectivity index (χ3v) is 6.34. The number of ether oxygens (including phenoxy) is 1. The largest absolute Gasteiger partial charge is 0.495 e. The third kappa shape index (κ3) is 4.37. The number of methoxy groups -OCH3 is 1. The van der Waals surface area contributed by atoms with Crippen LogP contribution in [0.5, 0.6) is 5.75 Å². The maximum absolute atomic E-state index is 13.5. The van der Waals surface area contributed by atoms with Crippen LogP contribution in [-0.4, -0.2) is 31.2 Å². The number of aromatic nitrogens is 2. The zero-order valence-electron chi connectivity index (χ0n) is 17.2. The Morgan fingerprint density at radius 2 is 1.94 bits per heavy atom. The van der Waals surface area contributed by atoms with Gasteiger partial charge in [0.1, 0.15) is 28.6 Å². The molecule has 2 aromatic carbocycles. The second-order valence-electron chi connectivity index (χ2n) is 7.55. The van der Waals surface area contributed by atoms with E-state index in [1.54, 1.807) is 28.9 Å². The summed E-state index contributed by atoms with van der Waals surface area (Å²) in [5.41, 5.74) is 13.2. The summed E-state index contributed by atoms with van der Waals surface area (Å²) in [6.45, 7) is 0. The molecule has 1 amide bonds. The van der Waals surface area contributed by atoms with Gasteiger partial charge in [-0.1, -0.05) is 24.3 Å². The molecule has 5 N–H and O–H groups in total. The Hall–Kier alpha value is -3.60. The smallest absolute Gasteiger partial charge is 0.254 e. The fraction of sp³-hybridized carbons (Fsp3) is 0.238. The molecule has 0 bridgehead atoms. The fourth-order valence-electron chi connectivity index (χ4n) is 3.43. The number of carbonyl (C=O) groups excluding carboxylic acids is 1. The van der Waals surface area contributed by atoms with Crippen molar-refractivity contribution < 1.29 is 22.3 Å². The number of nitrogen functional groups attached to an aromatic ring is 1. The van der Waals surface area contributed by atoms with Crippen LogP contribution in [-0.2, 0) is 15.8 Å². The predicted molar refractivity (Wildman–Crippen MR) is 118 cm³/mol. The summed E-state index contributed by atoms with van der Waals surface area (Å²) in [6.07, 6.45) is 1.87. The molecule has 1 heterocycles. The normalized spacial score (nSPS) is 13.7. The van der Waals surface area contributed by atoms with Gasteiger partial charge in [-0.05, 0) is 30.5 Å². The van der Waals surface area contributed by atoms with Crippen LogP contribution in [0.1, 0.15) is 34.8 Å². The number of anilines is 2. The van der Waals surface area contributed by atoms with Crippen molar-refractivity contribution in [2.75, 3.05) is 17.6 Å². The van der Waals surface area contributed by atoms with Crippen molar-refractivity contribution in [3.8, 4) is 17.0 Å². The van der Waals surface area contributed by atoms with Crippen molar-refractivity contribution in [3.63, 3.8) is 0 Å². The number of hydrogen-bond acceptors (Lipinski definition) is 6. The molecule has 9 nitrogen and oxygen atoms in total. The van der Waals surface area contributed by atoms with Crippen LogP contribution in [0.2, 0.25) is 0 Å². The van der Waals surface area contributed by atoms with Crippen molar-refractivity contribution in [1.29, 1.82) is 0 Å². The molecule has 3 aromatic rings. The van der Waals surface area contributed by atoms with E-state index < -0.39 is 21.7 Å². The highest BCUT2D eigenvalue weighted by Crippen LogP contribution is 2.39. The predicted octanol–water partition coefficient (Wildman–Crippen LogP) is 2.66. The number of nitrogens with one attached hydrogen (secondary N) is 1. The zero-order valence-corrected chi connectivity index (χ0v) is 18.0. The molecule has 1 aliphatic carbocycles. The number of carbonyl (C=O) groups is 1. The lowest BCUT2D eigenvalue weighted by atomic mass is 10.1. The molecule has 1 fully saturated rings. The standard InChI is InChI=1S/C21H22FN5O4S/c1-31-17-9-6-14(22)10-16(17)26-32(29,30)11-12-2-4-13(5-3-12)19-18(21(24)28)20(23)27(25-19)15-7-8-15/h2-6,9-10,15,26H,7-8,11,23H2,1H3,(H2,24,28). The van der Waals surface area contributed by atoms with Crippen molar-refractivity contribution in [2.45, 2.75) is 24.6 Å². The van der Waals surface area contributed by atoms with Gasteiger partial charge < -0.3 is 16.2 Å². The molecular formula is C21H22FN5O4S. The fourth-order valence-corrected chi connectivity index (χ4v) is 4.63. The van der Waals surface area contributed by atoms with Crippen LogP contribution < -0.4 is 20.9 Å². The van der Waals surface area contributed by atoms with E-state index in [2.05, 4.69) is 9.82 Å². The Morgan fingerprint density at radius 3 is 2.53 bits per heavy atom. The van der Waals surface area contributed by atoms with E-state index in [1.807, 2.05) is 0 Å². The molecule has 32 heavy (non-hydrogen) atoms. The van der Waals surface area contributed by atoms with Crippen LogP contribution in [0.25, 0.3) is 11.3 Å². The van der Waals surface area contributed by atoms with E-state index in [0.29, 0.717) is 16.8 Å². The number of primary amides is 1. The van der Waals surface area contributed by atoms with Crippen LogP contribution in [0, 0.1) is 5.82 Å². The number of hydrogen-bond donors (Lipinski definition) is 3. The number of amides is 1. The van der Waals surface area contributed by atoms with Crippen LogP contribution >= 0.6 is 0 Å². The van der Waals surface area contributed by atoms with Gasteiger partial charge in [0.2, 0.25) is 10.0 Å². The highest BCUT2D eigenvalue weighted by atomic mass is 32.2. The molecular weight excluding hydrogens is 437 g/mol. The van der Waals surface area contributed by atoms with Crippen molar-refractivity contribution in [2.24, 2.45) is 5.73 Å². The molecule has 1 aromatic heterocycles. The van der Waals surface area contributed by atoms with Gasteiger partial charge in [0.15, 0.2) is 0 Å². The minimum atomic E-state index is -3.85. The monoisotopic (exact) mass is 459 g/mol. The summed E-state index contributed by atoms with van der Waals surface area (Å²) in [4.78, 5) is 11.9. The van der Waals surface area contributed by atoms with Gasteiger partial charge in [-0.25, -0.2) is 17.5 Å². The molecule has 0 radical (unpaired) electrons. The van der Waals surface area contributed by atoms with Gasteiger partial charge in [-0.2, -0.15) is 5.10 Å². The molecule has 4 rings (SSSR count). The average molecular weight is 460 g/mol. The molecule has 0 aliphatic heterocycles.